The van der Waals surface area contributed by atoms with Crippen LogP contribution in [0.15, 0.2) is 18.2 Å². The monoisotopic (exact) mass is 290 g/mol. The first-order valence-corrected chi connectivity index (χ1v) is 7.86. The average Bonchev–Trinajstić information content (AvgIpc) is 3.17. The van der Waals surface area contributed by atoms with Gasteiger partial charge >= 0.3 is 0 Å². The van der Waals surface area contributed by atoms with E-state index < -0.39 is 0 Å². The van der Waals surface area contributed by atoms with Crippen LogP contribution in [0.2, 0.25) is 0 Å². The Morgan fingerprint density at radius 1 is 1.24 bits per heavy atom. The molecule has 2 aliphatic rings. The number of benzene rings is 1. The number of nitrogens with zero attached hydrogens (tertiary/aromatic N) is 1. The largest absolute Gasteiger partial charge is 0.493 e. The van der Waals surface area contributed by atoms with Gasteiger partial charge in [-0.2, -0.15) is 0 Å². The number of nitro groups is 1. The third kappa shape index (κ3) is 3.94. The van der Waals surface area contributed by atoms with Gasteiger partial charge in [-0.3, -0.25) is 10.1 Å². The Kier molecular flexibility index (Phi) is 4.39. The van der Waals surface area contributed by atoms with E-state index in [-0.39, 0.29) is 10.6 Å². The normalized spacial score (nSPS) is 18.9. The molecule has 0 heterocycles. The molecule has 0 unspecified atom stereocenters. The lowest BCUT2D eigenvalue weighted by Gasteiger charge is -2.15. The molecule has 0 bridgehead atoms. The minimum absolute atomic E-state index is 0.135. The molecule has 2 fully saturated rings. The maximum atomic E-state index is 10.9. The lowest BCUT2D eigenvalue weighted by atomic mass is 10.1. The van der Waals surface area contributed by atoms with E-state index in [0.29, 0.717) is 18.5 Å². The third-order valence-corrected chi connectivity index (χ3v) is 4.36. The maximum Gasteiger partial charge on any atom is 0.270 e. The van der Waals surface area contributed by atoms with Gasteiger partial charge in [0.1, 0.15) is 5.75 Å². The number of hydrogen-bond donors (Lipinski definition) is 1. The summed E-state index contributed by atoms with van der Waals surface area (Å²) in [6.07, 6.45) is 7.47. The Morgan fingerprint density at radius 3 is 2.67 bits per heavy atom. The fourth-order valence-electron chi connectivity index (χ4n) is 2.88. The smallest absolute Gasteiger partial charge is 0.270 e. The van der Waals surface area contributed by atoms with Crippen molar-refractivity contribution in [3.8, 4) is 5.75 Å². The van der Waals surface area contributed by atoms with Crippen LogP contribution in [0.4, 0.5) is 5.69 Å². The van der Waals surface area contributed by atoms with Crippen molar-refractivity contribution in [1.82, 2.24) is 5.32 Å². The molecule has 2 saturated carbocycles. The second kappa shape index (κ2) is 6.43. The highest BCUT2D eigenvalue weighted by Crippen LogP contribution is 2.29. The number of rotatable bonds is 7. The van der Waals surface area contributed by atoms with Gasteiger partial charge in [0.05, 0.1) is 11.5 Å². The van der Waals surface area contributed by atoms with Crippen LogP contribution in [0, 0.1) is 16.0 Å². The van der Waals surface area contributed by atoms with Crippen LogP contribution >= 0.6 is 0 Å². The average molecular weight is 290 g/mol. The number of hydrogen-bond acceptors (Lipinski definition) is 4. The number of ether oxygens (including phenoxy) is 1. The lowest BCUT2D eigenvalue weighted by Crippen LogP contribution is -2.17. The molecule has 0 aliphatic heterocycles. The Morgan fingerprint density at radius 2 is 2.00 bits per heavy atom. The molecule has 1 aromatic rings. The summed E-state index contributed by atoms with van der Waals surface area (Å²) in [7, 11) is 0. The highest BCUT2D eigenvalue weighted by Gasteiger charge is 2.22. The molecule has 0 aromatic heterocycles. The molecule has 0 spiro atoms. The van der Waals surface area contributed by atoms with Crippen molar-refractivity contribution in [2.75, 3.05) is 6.61 Å². The summed E-state index contributed by atoms with van der Waals surface area (Å²) in [4.78, 5) is 10.6. The molecular weight excluding hydrogens is 268 g/mol. The van der Waals surface area contributed by atoms with Crippen molar-refractivity contribution >= 4 is 5.69 Å². The molecule has 1 N–H and O–H groups in total. The van der Waals surface area contributed by atoms with Crippen molar-refractivity contribution in [1.29, 1.82) is 0 Å². The summed E-state index contributed by atoms with van der Waals surface area (Å²) in [6, 6.07) is 5.49. The van der Waals surface area contributed by atoms with Crippen LogP contribution in [-0.2, 0) is 6.54 Å². The van der Waals surface area contributed by atoms with Gasteiger partial charge in [-0.15, -0.1) is 0 Å². The van der Waals surface area contributed by atoms with Crippen molar-refractivity contribution in [2.24, 2.45) is 5.92 Å². The van der Waals surface area contributed by atoms with Gasteiger partial charge in [-0.25, -0.2) is 0 Å². The van der Waals surface area contributed by atoms with Crippen molar-refractivity contribution in [3.05, 3.63) is 33.9 Å². The van der Waals surface area contributed by atoms with Crippen LogP contribution in [0.1, 0.15) is 44.1 Å². The lowest BCUT2D eigenvalue weighted by molar-refractivity contribution is -0.384. The summed E-state index contributed by atoms with van der Waals surface area (Å²) in [6.45, 7) is 1.38. The Balaban J connectivity index is 1.67. The number of non-ortho nitro benzene ring substituents is 1. The predicted molar refractivity (Wildman–Crippen MR) is 80.4 cm³/mol. The molecule has 3 rings (SSSR count). The van der Waals surface area contributed by atoms with E-state index in [0.717, 1.165) is 17.9 Å². The second-order valence-corrected chi connectivity index (χ2v) is 6.17. The van der Waals surface area contributed by atoms with E-state index in [9.17, 15) is 10.1 Å². The standard InChI is InChI=1S/C16H22N2O3/c19-18(20)15-7-8-16(21-11-12-3-1-2-4-12)13(9-15)10-17-14-5-6-14/h7-9,12,14,17H,1-6,10-11H2. The Hall–Kier alpha value is -1.62. The van der Waals surface area contributed by atoms with Crippen molar-refractivity contribution in [2.45, 2.75) is 51.1 Å². The van der Waals surface area contributed by atoms with Crippen LogP contribution < -0.4 is 10.1 Å². The van der Waals surface area contributed by atoms with Gasteiger partial charge < -0.3 is 10.1 Å². The van der Waals surface area contributed by atoms with Gasteiger partial charge in [0.25, 0.3) is 5.69 Å². The Labute approximate surface area is 124 Å². The molecule has 0 saturated heterocycles. The van der Waals surface area contributed by atoms with E-state index in [1.165, 1.54) is 44.6 Å². The van der Waals surface area contributed by atoms with Gasteiger partial charge in [-0.05, 0) is 37.7 Å². The third-order valence-electron chi connectivity index (χ3n) is 4.36. The summed E-state index contributed by atoms with van der Waals surface area (Å²) in [5.41, 5.74) is 1.03. The first-order chi connectivity index (χ1) is 10.2. The molecule has 21 heavy (non-hydrogen) atoms. The van der Waals surface area contributed by atoms with E-state index in [1.807, 2.05) is 0 Å². The fourth-order valence-corrected chi connectivity index (χ4v) is 2.88. The number of nitrogens with one attached hydrogen (secondary N) is 1. The summed E-state index contributed by atoms with van der Waals surface area (Å²) in [5, 5.41) is 14.3. The highest BCUT2D eigenvalue weighted by molar-refractivity contribution is 5.43. The van der Waals surface area contributed by atoms with Crippen LogP contribution in [-0.4, -0.2) is 17.6 Å². The summed E-state index contributed by atoms with van der Waals surface area (Å²) < 4.78 is 5.95. The Bertz CT molecular complexity index is 508. The zero-order valence-electron chi connectivity index (χ0n) is 12.2. The first kappa shape index (κ1) is 14.3. The quantitative estimate of drug-likeness (QED) is 0.617. The van der Waals surface area contributed by atoms with E-state index >= 15 is 0 Å². The van der Waals surface area contributed by atoms with Gasteiger partial charge in [0.15, 0.2) is 0 Å². The predicted octanol–water partition coefficient (Wildman–Crippen LogP) is 3.42. The topological polar surface area (TPSA) is 64.4 Å². The number of nitro benzene ring substituents is 1. The van der Waals surface area contributed by atoms with Crippen molar-refractivity contribution < 1.29 is 9.66 Å². The molecule has 0 amide bonds. The first-order valence-electron chi connectivity index (χ1n) is 7.86. The highest BCUT2D eigenvalue weighted by atomic mass is 16.6. The summed E-state index contributed by atoms with van der Waals surface area (Å²) >= 11 is 0. The molecule has 1 aromatic carbocycles. The van der Waals surface area contributed by atoms with E-state index in [1.54, 1.807) is 12.1 Å². The van der Waals surface area contributed by atoms with Gasteiger partial charge in [0.2, 0.25) is 0 Å². The molecule has 2 aliphatic carbocycles. The molecule has 0 atom stereocenters. The molecule has 5 heteroatoms. The second-order valence-electron chi connectivity index (χ2n) is 6.17. The SMILES string of the molecule is O=[N+]([O-])c1ccc(OCC2CCCC2)c(CNC2CC2)c1. The van der Waals surface area contributed by atoms with Crippen LogP contribution in [0.5, 0.6) is 5.75 Å². The van der Waals surface area contributed by atoms with Gasteiger partial charge in [-0.1, -0.05) is 12.8 Å². The van der Waals surface area contributed by atoms with Gasteiger partial charge in [0, 0.05) is 30.3 Å². The fraction of sp³-hybridized carbons (Fsp3) is 0.625. The molecule has 0 radical (unpaired) electrons. The zero-order valence-corrected chi connectivity index (χ0v) is 12.2. The summed E-state index contributed by atoms with van der Waals surface area (Å²) in [5.74, 6) is 1.44. The van der Waals surface area contributed by atoms with Crippen LogP contribution in [0.3, 0.4) is 0 Å². The molecular formula is C16H22N2O3. The van der Waals surface area contributed by atoms with E-state index in [4.69, 9.17) is 4.74 Å². The van der Waals surface area contributed by atoms with Crippen molar-refractivity contribution in [3.63, 3.8) is 0 Å². The van der Waals surface area contributed by atoms with Crippen LogP contribution in [0.25, 0.3) is 0 Å². The minimum Gasteiger partial charge on any atom is -0.493 e. The van der Waals surface area contributed by atoms with E-state index in [2.05, 4.69) is 5.32 Å². The minimum atomic E-state index is -0.346. The maximum absolute atomic E-state index is 10.9. The molecule has 5 nitrogen and oxygen atoms in total. The molecule has 114 valence electrons. The zero-order chi connectivity index (χ0) is 14.7.